The smallest absolute Gasteiger partial charge is 0.412 e. The van der Waals surface area contributed by atoms with E-state index in [2.05, 4.69) is 15.2 Å². The molecule has 0 spiro atoms. The van der Waals surface area contributed by atoms with Crippen LogP contribution in [-0.4, -0.2) is 64.4 Å². The third-order valence-electron chi connectivity index (χ3n) is 5.50. The van der Waals surface area contributed by atoms with E-state index in [1.165, 1.54) is 37.3 Å². The zero-order valence-corrected chi connectivity index (χ0v) is 20.3. The van der Waals surface area contributed by atoms with Crippen molar-refractivity contribution >= 4 is 58.4 Å². The summed E-state index contributed by atoms with van der Waals surface area (Å²) in [6.07, 6.45) is 3.06. The molecule has 12 heteroatoms. The van der Waals surface area contributed by atoms with Gasteiger partial charge in [0.05, 0.1) is 17.0 Å². The number of thiazole rings is 1. The molecule has 2 aromatic rings. The van der Waals surface area contributed by atoms with Crippen molar-refractivity contribution in [1.82, 2.24) is 9.88 Å². The molecule has 3 aliphatic rings. The molecule has 1 aromatic carbocycles. The van der Waals surface area contributed by atoms with Crippen LogP contribution in [0.2, 0.25) is 10.0 Å². The summed E-state index contributed by atoms with van der Waals surface area (Å²) in [5.74, 6) is -0.937. The van der Waals surface area contributed by atoms with E-state index in [0.717, 1.165) is 17.0 Å². The second-order valence-corrected chi connectivity index (χ2v) is 9.55. The number of carboxylic acids is 2. The highest BCUT2D eigenvalue weighted by molar-refractivity contribution is 7.13. The molecule has 1 unspecified atom stereocenters. The van der Waals surface area contributed by atoms with Crippen molar-refractivity contribution in [2.45, 2.75) is 12.8 Å². The lowest BCUT2D eigenvalue weighted by Crippen LogP contribution is -2.49. The first kappa shape index (κ1) is 26.0. The zero-order chi connectivity index (χ0) is 24.7. The van der Waals surface area contributed by atoms with Gasteiger partial charge in [0.1, 0.15) is 0 Å². The van der Waals surface area contributed by atoms with Crippen molar-refractivity contribution in [2.75, 3.05) is 31.6 Å². The molecule has 3 aliphatic heterocycles. The van der Waals surface area contributed by atoms with Crippen LogP contribution in [-0.2, 0) is 14.3 Å². The number of amides is 1. The Hall–Kier alpha value is -2.66. The third-order valence-corrected chi connectivity index (χ3v) is 6.81. The van der Waals surface area contributed by atoms with Crippen LogP contribution in [0.3, 0.4) is 0 Å². The molecule has 1 atom stereocenters. The molecule has 2 bridgehead atoms. The van der Waals surface area contributed by atoms with Gasteiger partial charge in [0.2, 0.25) is 0 Å². The first-order chi connectivity index (χ1) is 16.2. The number of fused-ring (bicyclic) bond motifs is 3. The summed E-state index contributed by atoms with van der Waals surface area (Å²) in [6, 6.07) is 5.26. The summed E-state index contributed by atoms with van der Waals surface area (Å²) >= 11 is 13.6. The summed E-state index contributed by atoms with van der Waals surface area (Å²) in [4.78, 5) is 38.8. The number of carboxylic acid groups (broad SMARTS) is 2. The minimum absolute atomic E-state index is 0.435. The number of aromatic nitrogens is 1. The fraction of sp³-hybridized carbons (Fsp3) is 0.364. The van der Waals surface area contributed by atoms with Crippen molar-refractivity contribution in [3.63, 3.8) is 0 Å². The number of hydrogen-bond donors (Lipinski definition) is 3. The Morgan fingerprint density at radius 3 is 2.26 bits per heavy atom. The van der Waals surface area contributed by atoms with Crippen LogP contribution >= 0.6 is 34.5 Å². The second kappa shape index (κ2) is 12.2. The Morgan fingerprint density at radius 1 is 1.12 bits per heavy atom. The van der Waals surface area contributed by atoms with Crippen molar-refractivity contribution in [3.8, 4) is 10.4 Å². The average Bonchev–Trinajstić information content (AvgIpc) is 3.25. The maximum atomic E-state index is 12.2. The average molecular weight is 528 g/mol. The molecule has 5 rings (SSSR count). The lowest BCUT2D eigenvalue weighted by atomic mass is 9.79. The highest BCUT2D eigenvalue weighted by Crippen LogP contribution is 2.35. The van der Waals surface area contributed by atoms with Gasteiger partial charge in [0.15, 0.2) is 5.82 Å². The van der Waals surface area contributed by atoms with E-state index in [1.807, 2.05) is 0 Å². The molecule has 3 N–H and O–H groups in total. The van der Waals surface area contributed by atoms with Gasteiger partial charge in [-0.3, -0.25) is 5.32 Å². The van der Waals surface area contributed by atoms with Gasteiger partial charge in [0.25, 0.3) is 0 Å². The molecule has 1 amide bonds. The molecule has 182 valence electrons. The van der Waals surface area contributed by atoms with Gasteiger partial charge in [-0.15, -0.1) is 11.3 Å². The van der Waals surface area contributed by atoms with Gasteiger partial charge < -0.3 is 19.8 Å². The first-order valence-electron chi connectivity index (χ1n) is 10.4. The van der Waals surface area contributed by atoms with Gasteiger partial charge >= 0.3 is 18.0 Å². The normalized spacial score (nSPS) is 20.9. The number of ether oxygens (including phenoxy) is 1. The van der Waals surface area contributed by atoms with Gasteiger partial charge in [-0.25, -0.2) is 19.4 Å². The Labute approximate surface area is 210 Å². The van der Waals surface area contributed by atoms with E-state index in [1.54, 1.807) is 23.7 Å². The predicted molar refractivity (Wildman–Crippen MR) is 130 cm³/mol. The molecule has 0 saturated carbocycles. The van der Waals surface area contributed by atoms with Crippen LogP contribution in [0.25, 0.3) is 10.4 Å². The number of rotatable bonds is 6. The van der Waals surface area contributed by atoms with E-state index >= 15 is 0 Å². The molecular weight excluding hydrogens is 505 g/mol. The number of carbonyl (C=O) groups is 3. The number of carbonyl (C=O) groups excluding carboxylic acids is 1. The third kappa shape index (κ3) is 7.69. The van der Waals surface area contributed by atoms with Crippen molar-refractivity contribution in [3.05, 3.63) is 45.9 Å². The molecule has 3 saturated heterocycles. The molecule has 34 heavy (non-hydrogen) atoms. The quantitative estimate of drug-likeness (QED) is 0.460. The van der Waals surface area contributed by atoms with E-state index in [4.69, 9.17) is 38.2 Å². The van der Waals surface area contributed by atoms with Crippen LogP contribution in [0.4, 0.5) is 10.6 Å². The van der Waals surface area contributed by atoms with Crippen LogP contribution in [0.1, 0.15) is 12.8 Å². The molecule has 0 radical (unpaired) electrons. The van der Waals surface area contributed by atoms with Gasteiger partial charge in [-0.05, 0) is 55.6 Å². The number of nitrogens with zero attached hydrogens (tertiary/aromatic N) is 2. The number of anilines is 1. The van der Waals surface area contributed by atoms with Crippen LogP contribution < -0.4 is 5.32 Å². The Balaban J connectivity index is 0.000000350. The minimum atomic E-state index is -1.26. The molecule has 0 aliphatic carbocycles. The maximum Gasteiger partial charge on any atom is 0.412 e. The van der Waals surface area contributed by atoms with Gasteiger partial charge in [0, 0.05) is 34.7 Å². The molecule has 3 fully saturated rings. The Kier molecular flexibility index (Phi) is 9.28. The highest BCUT2D eigenvalue weighted by Gasteiger charge is 2.34. The van der Waals surface area contributed by atoms with Crippen LogP contribution in [0, 0.1) is 11.8 Å². The summed E-state index contributed by atoms with van der Waals surface area (Å²) in [7, 11) is 0. The van der Waals surface area contributed by atoms with E-state index in [-0.39, 0.29) is 0 Å². The number of aliphatic carboxylic acids is 2. The van der Waals surface area contributed by atoms with Crippen molar-refractivity contribution in [2.24, 2.45) is 11.8 Å². The van der Waals surface area contributed by atoms with Crippen molar-refractivity contribution in [1.29, 1.82) is 0 Å². The molecule has 9 nitrogen and oxygen atoms in total. The van der Waals surface area contributed by atoms with E-state index in [0.29, 0.717) is 46.5 Å². The number of piperidine rings is 3. The van der Waals surface area contributed by atoms with E-state index in [9.17, 15) is 14.4 Å². The largest absolute Gasteiger partial charge is 0.478 e. The predicted octanol–water partition coefficient (Wildman–Crippen LogP) is 4.72. The topological polar surface area (TPSA) is 129 Å². The standard InChI is InChI=1S/C18H19Cl2N3O2S.C4H4O4/c19-14-5-12(6-15(20)7-14)16-17(21-10-26-16)22-18(24)25-9-13-8-23-3-1-11(13)2-4-23;5-3(6)1-2-4(7)8/h5-7,10-11,13H,1-4,8-9H2,(H,22,24);1-2H,(H,5,6)(H,7,8)/b;2-1+. The van der Waals surface area contributed by atoms with Crippen molar-refractivity contribution < 1.29 is 29.3 Å². The number of hydrogen-bond acceptors (Lipinski definition) is 7. The Bertz CT molecular complexity index is 1030. The lowest BCUT2D eigenvalue weighted by molar-refractivity contribution is -0.134. The fourth-order valence-corrected chi connectivity index (χ4v) is 5.22. The molecule has 1 aromatic heterocycles. The monoisotopic (exact) mass is 527 g/mol. The zero-order valence-electron chi connectivity index (χ0n) is 17.9. The lowest BCUT2D eigenvalue weighted by Gasteiger charge is -2.44. The number of nitrogens with one attached hydrogen (secondary N) is 1. The summed E-state index contributed by atoms with van der Waals surface area (Å²) in [5.41, 5.74) is 2.49. The van der Waals surface area contributed by atoms with Gasteiger partial charge in [-0.2, -0.15) is 0 Å². The Morgan fingerprint density at radius 2 is 1.74 bits per heavy atom. The minimum Gasteiger partial charge on any atom is -0.478 e. The summed E-state index contributed by atoms with van der Waals surface area (Å²) in [5, 5.41) is 19.5. The number of benzene rings is 1. The van der Waals surface area contributed by atoms with Gasteiger partial charge in [-0.1, -0.05) is 23.2 Å². The second-order valence-electron chi connectivity index (χ2n) is 7.82. The molecular formula is C22H23Cl2N3O6S. The first-order valence-corrected chi connectivity index (χ1v) is 12.0. The summed E-state index contributed by atoms with van der Waals surface area (Å²) in [6.45, 7) is 3.84. The highest BCUT2D eigenvalue weighted by atomic mass is 35.5. The fourth-order valence-electron chi connectivity index (χ4n) is 3.96. The van der Waals surface area contributed by atoms with Crippen LogP contribution in [0.15, 0.2) is 35.9 Å². The van der Waals surface area contributed by atoms with E-state index < -0.39 is 18.0 Å². The maximum absolute atomic E-state index is 12.2. The SMILES string of the molecule is O=C(Nc1ncsc1-c1cc(Cl)cc(Cl)c1)OCC1CN2CCC1CC2.O=C(O)/C=C/C(=O)O. The number of halogens is 2. The van der Waals surface area contributed by atoms with Crippen LogP contribution in [0.5, 0.6) is 0 Å². The molecule has 4 heterocycles. The summed E-state index contributed by atoms with van der Waals surface area (Å²) < 4.78 is 5.48.